The maximum Gasteiger partial charge on any atom is 0.214 e. The molecule has 1 aromatic heterocycles. The van der Waals surface area contributed by atoms with Crippen LogP contribution in [0.15, 0.2) is 18.2 Å². The second kappa shape index (κ2) is 6.33. The van der Waals surface area contributed by atoms with Crippen molar-refractivity contribution in [1.29, 1.82) is 0 Å². The third-order valence-electron chi connectivity index (χ3n) is 2.31. The smallest absolute Gasteiger partial charge is 0.214 e. The van der Waals surface area contributed by atoms with Crippen LogP contribution in [-0.4, -0.2) is 38.3 Å². The Morgan fingerprint density at radius 3 is 2.81 bits per heavy atom. The van der Waals surface area contributed by atoms with Crippen molar-refractivity contribution in [2.75, 3.05) is 32.1 Å². The van der Waals surface area contributed by atoms with E-state index < -0.39 is 0 Å². The third kappa shape index (κ3) is 4.06. The second-order valence-corrected chi connectivity index (χ2v) is 4.07. The molecule has 0 unspecified atom stereocenters. The van der Waals surface area contributed by atoms with Crippen LogP contribution in [-0.2, 0) is 0 Å². The number of nitrogens with zero attached hydrogens (tertiary/aromatic N) is 2. The Kier molecular flexibility index (Phi) is 5.05. The zero-order valence-electron chi connectivity index (χ0n) is 10.5. The van der Waals surface area contributed by atoms with Gasteiger partial charge in [0.05, 0.1) is 7.11 Å². The molecule has 1 heterocycles. The Labute approximate surface area is 97.6 Å². The van der Waals surface area contributed by atoms with E-state index in [0.29, 0.717) is 11.9 Å². The monoisotopic (exact) mass is 223 g/mol. The van der Waals surface area contributed by atoms with E-state index in [1.807, 2.05) is 25.2 Å². The molecule has 0 fully saturated rings. The predicted octanol–water partition coefficient (Wildman–Crippen LogP) is 1.52. The highest BCUT2D eigenvalue weighted by molar-refractivity contribution is 5.39. The molecule has 4 nitrogen and oxygen atoms in total. The molecule has 1 rings (SSSR count). The van der Waals surface area contributed by atoms with E-state index in [4.69, 9.17) is 4.74 Å². The number of ether oxygens (including phenoxy) is 1. The molecule has 0 bridgehead atoms. The van der Waals surface area contributed by atoms with Gasteiger partial charge in [-0.3, -0.25) is 0 Å². The second-order valence-electron chi connectivity index (χ2n) is 4.07. The molecule has 0 saturated carbocycles. The van der Waals surface area contributed by atoms with Crippen molar-refractivity contribution in [2.45, 2.75) is 19.9 Å². The van der Waals surface area contributed by atoms with Crippen LogP contribution in [0.3, 0.4) is 0 Å². The topological polar surface area (TPSA) is 37.4 Å². The van der Waals surface area contributed by atoms with E-state index in [9.17, 15) is 0 Å². The molecule has 0 aliphatic rings. The maximum absolute atomic E-state index is 5.09. The molecule has 0 atom stereocenters. The Hall–Kier alpha value is -1.29. The molecule has 0 spiro atoms. The molecule has 1 aromatic rings. The third-order valence-corrected chi connectivity index (χ3v) is 2.31. The Morgan fingerprint density at radius 1 is 1.44 bits per heavy atom. The van der Waals surface area contributed by atoms with Crippen molar-refractivity contribution < 1.29 is 4.74 Å². The van der Waals surface area contributed by atoms with Crippen molar-refractivity contribution in [1.82, 2.24) is 10.3 Å². The van der Waals surface area contributed by atoms with E-state index >= 15 is 0 Å². The number of hydrogen-bond acceptors (Lipinski definition) is 4. The minimum Gasteiger partial charge on any atom is -0.481 e. The fourth-order valence-electron chi connectivity index (χ4n) is 1.37. The van der Waals surface area contributed by atoms with Gasteiger partial charge in [0.2, 0.25) is 5.88 Å². The van der Waals surface area contributed by atoms with Crippen molar-refractivity contribution in [3.63, 3.8) is 0 Å². The molecule has 16 heavy (non-hydrogen) atoms. The minimum atomic E-state index is 0.520. The summed E-state index contributed by atoms with van der Waals surface area (Å²) in [5.41, 5.74) is 0. The van der Waals surface area contributed by atoms with E-state index in [1.54, 1.807) is 7.11 Å². The van der Waals surface area contributed by atoms with E-state index in [1.165, 1.54) is 0 Å². The number of rotatable bonds is 6. The average Bonchev–Trinajstić information content (AvgIpc) is 2.28. The molecule has 0 aliphatic heterocycles. The summed E-state index contributed by atoms with van der Waals surface area (Å²) in [6, 6.07) is 6.31. The Balaban J connectivity index is 2.48. The summed E-state index contributed by atoms with van der Waals surface area (Å²) in [6.45, 7) is 6.17. The fourth-order valence-corrected chi connectivity index (χ4v) is 1.37. The number of aromatic nitrogens is 1. The SMILES string of the molecule is COc1cccc(N(C)CCNC(C)C)n1. The average molecular weight is 223 g/mol. The minimum absolute atomic E-state index is 0.520. The first-order valence-electron chi connectivity index (χ1n) is 5.59. The highest BCUT2D eigenvalue weighted by Gasteiger charge is 2.03. The summed E-state index contributed by atoms with van der Waals surface area (Å²) in [5.74, 6) is 1.59. The summed E-state index contributed by atoms with van der Waals surface area (Å²) in [4.78, 5) is 6.47. The van der Waals surface area contributed by atoms with Crippen molar-refractivity contribution in [3.8, 4) is 5.88 Å². The van der Waals surface area contributed by atoms with Gasteiger partial charge in [0.15, 0.2) is 0 Å². The number of pyridine rings is 1. The van der Waals surface area contributed by atoms with Crippen LogP contribution in [0.2, 0.25) is 0 Å². The van der Waals surface area contributed by atoms with Crippen LogP contribution in [0, 0.1) is 0 Å². The molecular weight excluding hydrogens is 202 g/mol. The number of nitrogens with one attached hydrogen (secondary N) is 1. The highest BCUT2D eigenvalue weighted by atomic mass is 16.5. The van der Waals surface area contributed by atoms with Gasteiger partial charge in [0.1, 0.15) is 5.82 Å². The van der Waals surface area contributed by atoms with E-state index in [-0.39, 0.29) is 0 Å². The normalized spacial score (nSPS) is 10.6. The molecule has 0 saturated heterocycles. The predicted molar refractivity (Wildman–Crippen MR) is 67.2 cm³/mol. The fraction of sp³-hybridized carbons (Fsp3) is 0.583. The molecule has 1 N–H and O–H groups in total. The molecule has 0 aromatic carbocycles. The molecular formula is C12H21N3O. The van der Waals surface area contributed by atoms with Crippen LogP contribution in [0.1, 0.15) is 13.8 Å². The number of methoxy groups -OCH3 is 1. The lowest BCUT2D eigenvalue weighted by Crippen LogP contribution is -2.33. The van der Waals surface area contributed by atoms with Gasteiger partial charge < -0.3 is 15.0 Å². The Morgan fingerprint density at radius 2 is 2.19 bits per heavy atom. The lowest BCUT2D eigenvalue weighted by atomic mass is 10.4. The quantitative estimate of drug-likeness (QED) is 0.793. The van der Waals surface area contributed by atoms with Gasteiger partial charge in [-0.2, -0.15) is 4.98 Å². The molecule has 0 radical (unpaired) electrons. The van der Waals surface area contributed by atoms with Crippen LogP contribution >= 0.6 is 0 Å². The standard InChI is InChI=1S/C12H21N3O/c1-10(2)13-8-9-15(3)11-6-5-7-12(14-11)16-4/h5-7,10,13H,8-9H2,1-4H3. The summed E-state index contributed by atoms with van der Waals surface area (Å²) >= 11 is 0. The van der Waals surface area contributed by atoms with Gasteiger partial charge in [-0.1, -0.05) is 19.9 Å². The first kappa shape index (κ1) is 12.8. The van der Waals surface area contributed by atoms with Crippen LogP contribution in [0.25, 0.3) is 0 Å². The van der Waals surface area contributed by atoms with Gasteiger partial charge >= 0.3 is 0 Å². The first-order valence-corrected chi connectivity index (χ1v) is 5.59. The zero-order chi connectivity index (χ0) is 12.0. The Bertz CT molecular complexity index is 315. The van der Waals surface area contributed by atoms with Gasteiger partial charge in [-0.15, -0.1) is 0 Å². The lowest BCUT2D eigenvalue weighted by Gasteiger charge is -2.19. The van der Waals surface area contributed by atoms with E-state index in [0.717, 1.165) is 18.9 Å². The van der Waals surface area contributed by atoms with Gasteiger partial charge in [-0.25, -0.2) is 0 Å². The number of hydrogen-bond donors (Lipinski definition) is 1. The van der Waals surface area contributed by atoms with E-state index in [2.05, 4.69) is 29.0 Å². The maximum atomic E-state index is 5.09. The number of likely N-dealkylation sites (N-methyl/N-ethyl adjacent to an activating group) is 1. The summed E-state index contributed by atoms with van der Waals surface area (Å²) in [7, 11) is 3.66. The first-order chi connectivity index (χ1) is 7.63. The van der Waals surface area contributed by atoms with Crippen molar-refractivity contribution in [3.05, 3.63) is 18.2 Å². The molecule has 4 heteroatoms. The zero-order valence-corrected chi connectivity index (χ0v) is 10.5. The highest BCUT2D eigenvalue weighted by Crippen LogP contribution is 2.13. The number of anilines is 1. The van der Waals surface area contributed by atoms with Crippen molar-refractivity contribution >= 4 is 5.82 Å². The molecule has 90 valence electrons. The molecule has 0 aliphatic carbocycles. The van der Waals surface area contributed by atoms with Gasteiger partial charge in [0.25, 0.3) is 0 Å². The summed E-state index contributed by atoms with van der Waals surface area (Å²) in [5, 5.41) is 3.37. The summed E-state index contributed by atoms with van der Waals surface area (Å²) in [6.07, 6.45) is 0. The lowest BCUT2D eigenvalue weighted by molar-refractivity contribution is 0.398. The molecule has 0 amide bonds. The van der Waals surface area contributed by atoms with Crippen molar-refractivity contribution in [2.24, 2.45) is 0 Å². The van der Waals surface area contributed by atoms with Crippen LogP contribution in [0.5, 0.6) is 5.88 Å². The van der Waals surface area contributed by atoms with Gasteiger partial charge in [0, 0.05) is 32.2 Å². The van der Waals surface area contributed by atoms with Crippen LogP contribution in [0.4, 0.5) is 5.82 Å². The largest absolute Gasteiger partial charge is 0.481 e. The summed E-state index contributed by atoms with van der Waals surface area (Å²) < 4.78 is 5.09. The van der Waals surface area contributed by atoms with Crippen LogP contribution < -0.4 is 15.0 Å². The van der Waals surface area contributed by atoms with Gasteiger partial charge in [-0.05, 0) is 6.07 Å².